The van der Waals surface area contributed by atoms with Crippen molar-refractivity contribution >= 4 is 5.84 Å². The van der Waals surface area contributed by atoms with Crippen LogP contribution in [0.15, 0.2) is 24.3 Å². The molecular weight excluding hydrogens is 188 g/mol. The first kappa shape index (κ1) is 10.0. The van der Waals surface area contributed by atoms with E-state index in [-0.39, 0.29) is 5.84 Å². The fourth-order valence-corrected chi connectivity index (χ4v) is 1.98. The summed E-state index contributed by atoms with van der Waals surface area (Å²) in [4.78, 5) is 0. The van der Waals surface area contributed by atoms with E-state index in [1.807, 2.05) is 24.3 Å². The number of nitrogen functional groups attached to an aromatic ring is 1. The standard InChI is InChI=1S/C12H16N2O/c13-12(14)10-7-3-4-8-11(10)15-9-5-1-2-6-9/h3-4,7-9H,1-2,5-6H2,(H3,13,14). The monoisotopic (exact) mass is 204 g/mol. The minimum Gasteiger partial charge on any atom is -0.490 e. The van der Waals surface area contributed by atoms with E-state index in [0.717, 1.165) is 18.6 Å². The van der Waals surface area contributed by atoms with E-state index >= 15 is 0 Å². The summed E-state index contributed by atoms with van der Waals surface area (Å²) >= 11 is 0. The van der Waals surface area contributed by atoms with Crippen molar-refractivity contribution in [2.24, 2.45) is 5.73 Å². The Morgan fingerprint density at radius 3 is 2.60 bits per heavy atom. The van der Waals surface area contributed by atoms with E-state index in [2.05, 4.69) is 0 Å². The maximum atomic E-state index is 7.45. The van der Waals surface area contributed by atoms with Gasteiger partial charge in [-0.25, -0.2) is 0 Å². The van der Waals surface area contributed by atoms with Crippen molar-refractivity contribution in [1.82, 2.24) is 0 Å². The van der Waals surface area contributed by atoms with Crippen molar-refractivity contribution in [2.75, 3.05) is 0 Å². The van der Waals surface area contributed by atoms with E-state index < -0.39 is 0 Å². The summed E-state index contributed by atoms with van der Waals surface area (Å²) in [6, 6.07) is 7.50. The average molecular weight is 204 g/mol. The van der Waals surface area contributed by atoms with Crippen molar-refractivity contribution in [3.8, 4) is 5.75 Å². The number of benzene rings is 1. The average Bonchev–Trinajstić information content (AvgIpc) is 2.71. The van der Waals surface area contributed by atoms with Crippen LogP contribution in [-0.2, 0) is 0 Å². The molecule has 2 rings (SSSR count). The molecule has 1 aromatic rings. The van der Waals surface area contributed by atoms with Crippen LogP contribution in [0.25, 0.3) is 0 Å². The van der Waals surface area contributed by atoms with E-state index in [1.54, 1.807) is 0 Å². The van der Waals surface area contributed by atoms with Gasteiger partial charge < -0.3 is 10.5 Å². The van der Waals surface area contributed by atoms with Gasteiger partial charge >= 0.3 is 0 Å². The highest BCUT2D eigenvalue weighted by atomic mass is 16.5. The van der Waals surface area contributed by atoms with Crippen LogP contribution in [0.5, 0.6) is 5.75 Å². The molecule has 0 saturated heterocycles. The Hall–Kier alpha value is -1.51. The first-order valence-corrected chi connectivity index (χ1v) is 5.37. The minimum absolute atomic E-state index is 0.0728. The molecule has 0 amide bonds. The number of ether oxygens (including phenoxy) is 1. The largest absolute Gasteiger partial charge is 0.490 e. The molecule has 3 heteroatoms. The van der Waals surface area contributed by atoms with E-state index in [4.69, 9.17) is 15.9 Å². The van der Waals surface area contributed by atoms with Gasteiger partial charge in [-0.2, -0.15) is 0 Å². The third-order valence-corrected chi connectivity index (χ3v) is 2.77. The van der Waals surface area contributed by atoms with Gasteiger partial charge in [0, 0.05) is 0 Å². The lowest BCUT2D eigenvalue weighted by Crippen LogP contribution is -2.17. The van der Waals surface area contributed by atoms with E-state index in [0.29, 0.717) is 11.7 Å². The molecule has 0 bridgehead atoms. The topological polar surface area (TPSA) is 59.1 Å². The van der Waals surface area contributed by atoms with Gasteiger partial charge in [0.25, 0.3) is 0 Å². The van der Waals surface area contributed by atoms with Gasteiger partial charge in [-0.05, 0) is 37.8 Å². The van der Waals surface area contributed by atoms with Gasteiger partial charge in [-0.3, -0.25) is 5.41 Å². The third-order valence-electron chi connectivity index (χ3n) is 2.77. The first-order valence-electron chi connectivity index (χ1n) is 5.37. The molecule has 1 fully saturated rings. The molecule has 0 atom stereocenters. The molecule has 3 nitrogen and oxygen atoms in total. The molecule has 0 spiro atoms. The molecule has 0 heterocycles. The Balaban J connectivity index is 2.15. The van der Waals surface area contributed by atoms with Crippen LogP contribution < -0.4 is 10.5 Å². The number of hydrogen-bond donors (Lipinski definition) is 2. The summed E-state index contributed by atoms with van der Waals surface area (Å²) < 4.78 is 5.85. The second kappa shape index (κ2) is 4.34. The van der Waals surface area contributed by atoms with Crippen LogP contribution in [0, 0.1) is 5.41 Å². The molecule has 0 aliphatic heterocycles. The summed E-state index contributed by atoms with van der Waals surface area (Å²) in [5.74, 6) is 0.820. The molecule has 1 saturated carbocycles. The van der Waals surface area contributed by atoms with Crippen LogP contribution in [-0.4, -0.2) is 11.9 Å². The molecule has 1 aromatic carbocycles. The molecule has 15 heavy (non-hydrogen) atoms. The van der Waals surface area contributed by atoms with E-state index in [9.17, 15) is 0 Å². The summed E-state index contributed by atoms with van der Waals surface area (Å²) in [7, 11) is 0. The van der Waals surface area contributed by atoms with Crippen molar-refractivity contribution in [2.45, 2.75) is 31.8 Å². The third kappa shape index (κ3) is 2.29. The highest BCUT2D eigenvalue weighted by Gasteiger charge is 2.18. The van der Waals surface area contributed by atoms with Crippen LogP contribution >= 0.6 is 0 Å². The summed E-state index contributed by atoms with van der Waals surface area (Å²) in [6.07, 6.45) is 5.03. The zero-order chi connectivity index (χ0) is 10.7. The Morgan fingerprint density at radius 2 is 1.93 bits per heavy atom. The van der Waals surface area contributed by atoms with Gasteiger partial charge in [0.05, 0.1) is 11.7 Å². The normalized spacial score (nSPS) is 16.5. The lowest BCUT2D eigenvalue weighted by atomic mass is 10.2. The van der Waals surface area contributed by atoms with Crippen LogP contribution in [0.2, 0.25) is 0 Å². The number of nitrogens with one attached hydrogen (secondary N) is 1. The minimum atomic E-state index is 0.0728. The Bertz CT molecular complexity index is 356. The Labute approximate surface area is 89.8 Å². The van der Waals surface area contributed by atoms with E-state index in [1.165, 1.54) is 12.8 Å². The molecule has 1 aliphatic rings. The van der Waals surface area contributed by atoms with Crippen molar-refractivity contribution in [1.29, 1.82) is 5.41 Å². The predicted molar refractivity (Wildman–Crippen MR) is 60.3 cm³/mol. The fourth-order valence-electron chi connectivity index (χ4n) is 1.98. The molecule has 80 valence electrons. The number of rotatable bonds is 3. The molecule has 3 N–H and O–H groups in total. The zero-order valence-corrected chi connectivity index (χ0v) is 8.70. The van der Waals surface area contributed by atoms with Crippen LogP contribution in [0.1, 0.15) is 31.2 Å². The fraction of sp³-hybridized carbons (Fsp3) is 0.417. The first-order chi connectivity index (χ1) is 7.27. The number of hydrogen-bond acceptors (Lipinski definition) is 2. The molecule has 1 aliphatic carbocycles. The number of para-hydroxylation sites is 1. The number of amidine groups is 1. The van der Waals surface area contributed by atoms with Crippen LogP contribution in [0.3, 0.4) is 0 Å². The van der Waals surface area contributed by atoms with Gasteiger partial charge in [0.2, 0.25) is 0 Å². The van der Waals surface area contributed by atoms with Crippen LogP contribution in [0.4, 0.5) is 0 Å². The SMILES string of the molecule is N=C(N)c1ccccc1OC1CCCC1. The molecule has 0 aromatic heterocycles. The van der Waals surface area contributed by atoms with Crippen molar-refractivity contribution in [3.05, 3.63) is 29.8 Å². The van der Waals surface area contributed by atoms with Gasteiger partial charge in [0.1, 0.15) is 11.6 Å². The molecule has 0 unspecified atom stereocenters. The molecular formula is C12H16N2O. The molecule has 0 radical (unpaired) electrons. The smallest absolute Gasteiger partial charge is 0.130 e. The lowest BCUT2D eigenvalue weighted by Gasteiger charge is -2.15. The maximum absolute atomic E-state index is 7.45. The zero-order valence-electron chi connectivity index (χ0n) is 8.70. The maximum Gasteiger partial charge on any atom is 0.130 e. The highest BCUT2D eigenvalue weighted by molar-refractivity contribution is 5.97. The lowest BCUT2D eigenvalue weighted by molar-refractivity contribution is 0.209. The Kier molecular flexibility index (Phi) is 2.90. The second-order valence-electron chi connectivity index (χ2n) is 3.93. The second-order valence-corrected chi connectivity index (χ2v) is 3.93. The van der Waals surface area contributed by atoms with Crippen molar-refractivity contribution < 1.29 is 4.74 Å². The Morgan fingerprint density at radius 1 is 1.27 bits per heavy atom. The van der Waals surface area contributed by atoms with Gasteiger partial charge in [-0.1, -0.05) is 12.1 Å². The predicted octanol–water partition coefficient (Wildman–Crippen LogP) is 2.29. The quantitative estimate of drug-likeness (QED) is 0.586. The highest BCUT2D eigenvalue weighted by Crippen LogP contribution is 2.26. The number of nitrogens with two attached hydrogens (primary N) is 1. The summed E-state index contributed by atoms with van der Waals surface area (Å²) in [5.41, 5.74) is 6.19. The summed E-state index contributed by atoms with van der Waals surface area (Å²) in [6.45, 7) is 0. The summed E-state index contributed by atoms with van der Waals surface area (Å²) in [5, 5.41) is 7.45. The van der Waals surface area contributed by atoms with Gasteiger partial charge in [0.15, 0.2) is 0 Å². The van der Waals surface area contributed by atoms with Crippen molar-refractivity contribution in [3.63, 3.8) is 0 Å². The van der Waals surface area contributed by atoms with Gasteiger partial charge in [-0.15, -0.1) is 0 Å².